The van der Waals surface area contributed by atoms with Crippen molar-refractivity contribution < 1.29 is 18.0 Å². The van der Waals surface area contributed by atoms with Gasteiger partial charge in [-0.15, -0.1) is 0 Å². The van der Waals surface area contributed by atoms with E-state index >= 15 is 0 Å². The van der Waals surface area contributed by atoms with Crippen molar-refractivity contribution in [2.45, 2.75) is 25.8 Å². The van der Waals surface area contributed by atoms with Crippen molar-refractivity contribution in [1.29, 1.82) is 0 Å². The molecule has 162 valence electrons. The summed E-state index contributed by atoms with van der Waals surface area (Å²) in [5.74, 6) is -2.38. The SMILES string of the molecule is CC1(C)C(=O)Nc2nc(-c3nn(Cc4c(F)cncc4F)c4ncc(F)cc34)nc(N)c21. The topological polar surface area (TPSA) is 124 Å². The predicted molar refractivity (Wildman–Crippen MR) is 108 cm³/mol. The van der Waals surface area contributed by atoms with Crippen LogP contribution in [0.4, 0.5) is 24.8 Å². The Kier molecular flexibility index (Phi) is 4.16. The summed E-state index contributed by atoms with van der Waals surface area (Å²) in [6.45, 7) is 3.04. The second-order valence-electron chi connectivity index (χ2n) is 7.85. The van der Waals surface area contributed by atoms with Gasteiger partial charge in [0.05, 0.1) is 41.5 Å². The number of carbonyl (C=O) groups is 1. The van der Waals surface area contributed by atoms with Crippen LogP contribution in [0.3, 0.4) is 0 Å². The van der Waals surface area contributed by atoms with E-state index in [2.05, 4.69) is 30.4 Å². The van der Waals surface area contributed by atoms with Gasteiger partial charge in [-0.1, -0.05) is 0 Å². The first-order valence-corrected chi connectivity index (χ1v) is 9.46. The van der Waals surface area contributed by atoms with Crippen LogP contribution < -0.4 is 11.1 Å². The number of nitrogens with zero attached hydrogens (tertiary/aromatic N) is 6. The van der Waals surface area contributed by atoms with Crippen molar-refractivity contribution in [1.82, 2.24) is 29.7 Å². The summed E-state index contributed by atoms with van der Waals surface area (Å²) in [5, 5.41) is 7.21. The van der Waals surface area contributed by atoms with E-state index in [-0.39, 0.29) is 52.2 Å². The van der Waals surface area contributed by atoms with Crippen molar-refractivity contribution in [2.75, 3.05) is 11.1 Å². The molecule has 0 aliphatic carbocycles. The maximum absolute atomic E-state index is 14.1. The van der Waals surface area contributed by atoms with Crippen LogP contribution in [0.1, 0.15) is 25.0 Å². The molecule has 4 aromatic heterocycles. The lowest BCUT2D eigenvalue weighted by atomic mass is 9.87. The number of hydrogen-bond donors (Lipinski definition) is 2. The third-order valence-electron chi connectivity index (χ3n) is 5.39. The third kappa shape index (κ3) is 2.87. The molecular formula is C20H15F3N8O. The summed E-state index contributed by atoms with van der Waals surface area (Å²) in [5.41, 5.74) is 5.60. The van der Waals surface area contributed by atoms with Gasteiger partial charge >= 0.3 is 0 Å². The average Bonchev–Trinajstić information content (AvgIpc) is 3.18. The van der Waals surface area contributed by atoms with Crippen LogP contribution in [0.15, 0.2) is 24.7 Å². The minimum absolute atomic E-state index is 0.00562. The van der Waals surface area contributed by atoms with Crippen LogP contribution in [-0.4, -0.2) is 35.6 Å². The Morgan fingerprint density at radius 2 is 1.84 bits per heavy atom. The van der Waals surface area contributed by atoms with Gasteiger partial charge in [-0.2, -0.15) is 5.10 Å². The lowest BCUT2D eigenvalue weighted by Crippen LogP contribution is -2.27. The molecule has 0 spiro atoms. The first-order valence-electron chi connectivity index (χ1n) is 9.46. The number of aromatic nitrogens is 6. The largest absolute Gasteiger partial charge is 0.383 e. The van der Waals surface area contributed by atoms with Gasteiger partial charge in [0.25, 0.3) is 0 Å². The molecule has 5 heterocycles. The summed E-state index contributed by atoms with van der Waals surface area (Å²) < 4.78 is 43.5. The molecule has 0 aromatic carbocycles. The fourth-order valence-electron chi connectivity index (χ4n) is 3.72. The van der Waals surface area contributed by atoms with E-state index in [1.807, 2.05) is 0 Å². The minimum Gasteiger partial charge on any atom is -0.383 e. The fourth-order valence-corrected chi connectivity index (χ4v) is 3.72. The van der Waals surface area contributed by atoms with Crippen LogP contribution in [0, 0.1) is 17.5 Å². The zero-order chi connectivity index (χ0) is 22.8. The molecule has 1 aliphatic rings. The molecule has 9 nitrogen and oxygen atoms in total. The van der Waals surface area contributed by atoms with E-state index in [1.54, 1.807) is 13.8 Å². The summed E-state index contributed by atoms with van der Waals surface area (Å²) >= 11 is 0. The number of halogens is 3. The summed E-state index contributed by atoms with van der Waals surface area (Å²) in [4.78, 5) is 28.4. The zero-order valence-corrected chi connectivity index (χ0v) is 16.8. The summed E-state index contributed by atoms with van der Waals surface area (Å²) in [6.07, 6.45) is 2.73. The number of amides is 1. The summed E-state index contributed by atoms with van der Waals surface area (Å²) in [7, 11) is 0. The Morgan fingerprint density at radius 3 is 2.56 bits per heavy atom. The Hall–Kier alpha value is -4.09. The summed E-state index contributed by atoms with van der Waals surface area (Å²) in [6, 6.07) is 1.16. The van der Waals surface area contributed by atoms with Crippen LogP contribution in [0.2, 0.25) is 0 Å². The smallest absolute Gasteiger partial charge is 0.235 e. The monoisotopic (exact) mass is 440 g/mol. The van der Waals surface area contributed by atoms with E-state index in [0.29, 0.717) is 5.56 Å². The predicted octanol–water partition coefficient (Wildman–Crippen LogP) is 2.56. The van der Waals surface area contributed by atoms with Crippen molar-refractivity contribution in [3.8, 4) is 11.5 Å². The molecule has 0 saturated heterocycles. The Bertz CT molecular complexity index is 1410. The molecule has 12 heteroatoms. The molecule has 0 fully saturated rings. The van der Waals surface area contributed by atoms with E-state index in [9.17, 15) is 18.0 Å². The van der Waals surface area contributed by atoms with Crippen molar-refractivity contribution in [2.24, 2.45) is 0 Å². The first kappa shape index (κ1) is 19.8. The lowest BCUT2D eigenvalue weighted by molar-refractivity contribution is -0.119. The normalized spacial score (nSPS) is 14.6. The van der Waals surface area contributed by atoms with Gasteiger partial charge in [0, 0.05) is 5.56 Å². The number of nitrogens with one attached hydrogen (secondary N) is 1. The Morgan fingerprint density at radius 1 is 1.12 bits per heavy atom. The van der Waals surface area contributed by atoms with Gasteiger partial charge in [0.1, 0.15) is 34.8 Å². The van der Waals surface area contributed by atoms with Gasteiger partial charge in [-0.25, -0.2) is 32.8 Å². The van der Waals surface area contributed by atoms with Gasteiger partial charge in [-0.05, 0) is 19.9 Å². The molecule has 0 saturated carbocycles. The number of pyridine rings is 2. The van der Waals surface area contributed by atoms with Crippen LogP contribution in [0.5, 0.6) is 0 Å². The van der Waals surface area contributed by atoms with Gasteiger partial charge in [-0.3, -0.25) is 9.78 Å². The number of nitrogens with two attached hydrogens (primary N) is 1. The lowest BCUT2D eigenvalue weighted by Gasteiger charge is -2.15. The molecule has 0 radical (unpaired) electrons. The van der Waals surface area contributed by atoms with E-state index in [1.165, 1.54) is 4.68 Å². The molecule has 0 unspecified atom stereocenters. The highest BCUT2D eigenvalue weighted by Crippen LogP contribution is 2.40. The average molecular weight is 440 g/mol. The number of rotatable bonds is 3. The maximum Gasteiger partial charge on any atom is 0.235 e. The minimum atomic E-state index is -0.927. The third-order valence-corrected chi connectivity index (χ3v) is 5.39. The van der Waals surface area contributed by atoms with Crippen molar-refractivity contribution >= 4 is 28.6 Å². The fraction of sp³-hybridized carbons (Fsp3) is 0.200. The number of fused-ring (bicyclic) bond motifs is 2. The second kappa shape index (κ2) is 6.70. The van der Waals surface area contributed by atoms with Crippen LogP contribution >= 0.6 is 0 Å². The zero-order valence-electron chi connectivity index (χ0n) is 16.8. The molecule has 1 amide bonds. The molecule has 4 aromatic rings. The first-order chi connectivity index (χ1) is 15.2. The number of anilines is 2. The molecule has 1 aliphatic heterocycles. The highest BCUT2D eigenvalue weighted by Gasteiger charge is 2.42. The Balaban J connectivity index is 1.70. The highest BCUT2D eigenvalue weighted by atomic mass is 19.1. The molecule has 5 rings (SSSR count). The van der Waals surface area contributed by atoms with Crippen molar-refractivity contribution in [3.05, 3.63) is 53.2 Å². The van der Waals surface area contributed by atoms with Gasteiger partial charge in [0.2, 0.25) is 5.91 Å². The van der Waals surface area contributed by atoms with E-state index < -0.39 is 22.9 Å². The van der Waals surface area contributed by atoms with E-state index in [0.717, 1.165) is 24.7 Å². The second-order valence-corrected chi connectivity index (χ2v) is 7.85. The maximum atomic E-state index is 14.1. The molecule has 0 atom stereocenters. The van der Waals surface area contributed by atoms with Crippen LogP contribution in [0.25, 0.3) is 22.6 Å². The standard InChI is InChI=1S/C20H15F3N8O/c1-20(2)13-15(24)27-17(28-16(13)29-19(20)32)14-9-3-8(21)4-26-18(9)31(30-14)7-10-11(22)5-25-6-12(10)23/h3-6H,7H2,1-2H3,(H3,24,27,28,29,32). The van der Waals surface area contributed by atoms with Gasteiger partial charge in [0.15, 0.2) is 11.5 Å². The number of nitrogen functional groups attached to an aromatic ring is 1. The molecule has 32 heavy (non-hydrogen) atoms. The molecular weight excluding hydrogens is 425 g/mol. The number of carbonyl (C=O) groups excluding carboxylic acids is 1. The highest BCUT2D eigenvalue weighted by molar-refractivity contribution is 6.06. The molecule has 0 bridgehead atoms. The Labute approximate surface area is 178 Å². The van der Waals surface area contributed by atoms with Crippen molar-refractivity contribution in [3.63, 3.8) is 0 Å². The van der Waals surface area contributed by atoms with E-state index in [4.69, 9.17) is 5.73 Å². The van der Waals surface area contributed by atoms with Crippen LogP contribution in [-0.2, 0) is 16.8 Å². The molecule has 3 N–H and O–H groups in total. The number of hydrogen-bond acceptors (Lipinski definition) is 7. The quantitative estimate of drug-likeness (QED) is 0.502. The van der Waals surface area contributed by atoms with Gasteiger partial charge < -0.3 is 11.1 Å².